The van der Waals surface area contributed by atoms with E-state index in [0.717, 1.165) is 12.1 Å². The lowest BCUT2D eigenvalue weighted by Crippen LogP contribution is -2.08. The maximum atomic E-state index is 14.0. The summed E-state index contributed by atoms with van der Waals surface area (Å²) in [6.07, 6.45) is 1.64. The SMILES string of the molecule is O=C(O)c1ccc2c(c1)C(c1ccc(F)cc1F)=CCO2. The minimum Gasteiger partial charge on any atom is -0.489 e. The minimum atomic E-state index is -1.08. The van der Waals surface area contributed by atoms with Gasteiger partial charge in [-0.25, -0.2) is 13.6 Å². The molecule has 3 nitrogen and oxygen atoms in total. The smallest absolute Gasteiger partial charge is 0.335 e. The topological polar surface area (TPSA) is 46.5 Å². The number of hydrogen-bond acceptors (Lipinski definition) is 2. The fourth-order valence-electron chi connectivity index (χ4n) is 2.29. The van der Waals surface area contributed by atoms with Crippen molar-refractivity contribution in [3.05, 3.63) is 70.8 Å². The van der Waals surface area contributed by atoms with Gasteiger partial charge in [-0.3, -0.25) is 0 Å². The molecule has 106 valence electrons. The standard InChI is InChI=1S/C16H10F2O3/c17-10-2-3-12(14(18)8-10)11-5-6-21-15-4-1-9(16(19)20)7-13(11)15/h1-5,7-8H,6H2,(H,19,20). The second-order valence-electron chi connectivity index (χ2n) is 4.57. The van der Waals surface area contributed by atoms with Gasteiger partial charge in [-0.1, -0.05) is 0 Å². The first-order chi connectivity index (χ1) is 10.1. The van der Waals surface area contributed by atoms with Crippen molar-refractivity contribution < 1.29 is 23.4 Å². The molecule has 0 fully saturated rings. The Kier molecular flexibility index (Phi) is 3.17. The van der Waals surface area contributed by atoms with Crippen LogP contribution >= 0.6 is 0 Å². The van der Waals surface area contributed by atoms with E-state index in [1.54, 1.807) is 6.08 Å². The molecule has 3 rings (SSSR count). The second kappa shape index (κ2) is 5.01. The normalized spacial score (nSPS) is 13.1. The van der Waals surface area contributed by atoms with Crippen molar-refractivity contribution >= 4 is 11.5 Å². The monoisotopic (exact) mass is 288 g/mol. The van der Waals surface area contributed by atoms with E-state index in [4.69, 9.17) is 9.84 Å². The van der Waals surface area contributed by atoms with Gasteiger partial charge in [0.1, 0.15) is 24.0 Å². The number of rotatable bonds is 2. The zero-order valence-corrected chi connectivity index (χ0v) is 10.8. The quantitative estimate of drug-likeness (QED) is 0.920. The lowest BCUT2D eigenvalue weighted by Gasteiger charge is -2.19. The van der Waals surface area contributed by atoms with Crippen LogP contribution in [0.2, 0.25) is 0 Å². The summed E-state index contributed by atoms with van der Waals surface area (Å²) in [5, 5.41) is 9.05. The fraction of sp³-hybridized carbons (Fsp3) is 0.0625. The second-order valence-corrected chi connectivity index (χ2v) is 4.57. The summed E-state index contributed by atoms with van der Waals surface area (Å²) in [6, 6.07) is 7.67. The zero-order valence-electron chi connectivity index (χ0n) is 10.8. The number of carbonyl (C=O) groups is 1. The van der Waals surface area contributed by atoms with Gasteiger partial charge >= 0.3 is 5.97 Å². The van der Waals surface area contributed by atoms with Gasteiger partial charge < -0.3 is 9.84 Å². The zero-order chi connectivity index (χ0) is 15.0. The van der Waals surface area contributed by atoms with Crippen LogP contribution in [0.15, 0.2) is 42.5 Å². The van der Waals surface area contributed by atoms with Crippen molar-refractivity contribution in [1.82, 2.24) is 0 Å². The van der Waals surface area contributed by atoms with Gasteiger partial charge in [-0.05, 0) is 42.0 Å². The summed E-state index contributed by atoms with van der Waals surface area (Å²) < 4.78 is 32.4. The van der Waals surface area contributed by atoms with Crippen LogP contribution in [-0.4, -0.2) is 17.7 Å². The van der Waals surface area contributed by atoms with Crippen molar-refractivity contribution in [3.8, 4) is 5.75 Å². The fourth-order valence-corrected chi connectivity index (χ4v) is 2.29. The summed E-state index contributed by atoms with van der Waals surface area (Å²) in [4.78, 5) is 11.1. The van der Waals surface area contributed by atoms with Crippen molar-refractivity contribution in [2.45, 2.75) is 0 Å². The third kappa shape index (κ3) is 2.38. The van der Waals surface area contributed by atoms with Gasteiger partial charge in [0.05, 0.1) is 5.56 Å². The van der Waals surface area contributed by atoms with E-state index in [2.05, 4.69) is 0 Å². The Balaban J connectivity index is 2.16. The molecule has 5 heteroatoms. The highest BCUT2D eigenvalue weighted by atomic mass is 19.1. The van der Waals surface area contributed by atoms with E-state index in [1.807, 2.05) is 0 Å². The first-order valence-electron chi connectivity index (χ1n) is 6.22. The van der Waals surface area contributed by atoms with E-state index < -0.39 is 17.6 Å². The molecular weight excluding hydrogens is 278 g/mol. The van der Waals surface area contributed by atoms with Gasteiger partial charge in [0.15, 0.2) is 0 Å². The highest BCUT2D eigenvalue weighted by Crippen LogP contribution is 2.36. The predicted molar refractivity (Wildman–Crippen MR) is 72.3 cm³/mol. The number of benzene rings is 2. The molecule has 21 heavy (non-hydrogen) atoms. The molecule has 0 radical (unpaired) electrons. The number of halogens is 2. The molecule has 0 saturated heterocycles. The Morgan fingerprint density at radius 3 is 2.62 bits per heavy atom. The molecule has 0 bridgehead atoms. The van der Waals surface area contributed by atoms with Crippen LogP contribution in [0.1, 0.15) is 21.5 Å². The molecule has 0 aliphatic carbocycles. The lowest BCUT2D eigenvalue weighted by atomic mass is 9.93. The first-order valence-corrected chi connectivity index (χ1v) is 6.22. The summed E-state index contributed by atoms with van der Waals surface area (Å²) in [6.45, 7) is 0.242. The molecule has 0 spiro atoms. The molecule has 0 atom stereocenters. The number of ether oxygens (including phenoxy) is 1. The maximum Gasteiger partial charge on any atom is 0.335 e. The maximum absolute atomic E-state index is 14.0. The van der Waals surface area contributed by atoms with Crippen molar-refractivity contribution in [2.24, 2.45) is 0 Å². The molecule has 0 unspecified atom stereocenters. The van der Waals surface area contributed by atoms with Crippen LogP contribution in [0, 0.1) is 11.6 Å². The Morgan fingerprint density at radius 2 is 1.90 bits per heavy atom. The third-order valence-corrected chi connectivity index (χ3v) is 3.26. The van der Waals surface area contributed by atoms with Crippen molar-refractivity contribution in [3.63, 3.8) is 0 Å². The van der Waals surface area contributed by atoms with E-state index in [0.29, 0.717) is 16.9 Å². The minimum absolute atomic E-state index is 0.0765. The largest absolute Gasteiger partial charge is 0.489 e. The number of carboxylic acids is 1. The van der Waals surface area contributed by atoms with Gasteiger partial charge in [0.25, 0.3) is 0 Å². The van der Waals surface area contributed by atoms with Crippen molar-refractivity contribution in [1.29, 1.82) is 0 Å². The number of fused-ring (bicyclic) bond motifs is 1. The Morgan fingerprint density at radius 1 is 1.10 bits per heavy atom. The molecule has 1 aliphatic heterocycles. The molecule has 2 aromatic carbocycles. The van der Waals surface area contributed by atoms with E-state index in [-0.39, 0.29) is 17.7 Å². The van der Waals surface area contributed by atoms with Crippen LogP contribution in [-0.2, 0) is 0 Å². The van der Waals surface area contributed by atoms with Gasteiger partial charge in [-0.15, -0.1) is 0 Å². The molecule has 1 N–H and O–H groups in total. The first kappa shape index (κ1) is 13.3. The average Bonchev–Trinajstić information content (AvgIpc) is 2.46. The Bertz CT molecular complexity index is 766. The molecule has 1 aliphatic rings. The summed E-state index contributed by atoms with van der Waals surface area (Å²) >= 11 is 0. The Hall–Kier alpha value is -2.69. The third-order valence-electron chi connectivity index (χ3n) is 3.26. The van der Waals surface area contributed by atoms with Crippen LogP contribution in [0.4, 0.5) is 8.78 Å². The summed E-state index contributed by atoms with van der Waals surface area (Å²) in [5.74, 6) is -1.97. The van der Waals surface area contributed by atoms with Gasteiger partial charge in [-0.2, -0.15) is 0 Å². The van der Waals surface area contributed by atoms with Crippen LogP contribution < -0.4 is 4.74 Å². The summed E-state index contributed by atoms with van der Waals surface area (Å²) in [7, 11) is 0. The van der Waals surface area contributed by atoms with E-state index in [1.165, 1.54) is 24.3 Å². The summed E-state index contributed by atoms with van der Waals surface area (Å²) in [5.41, 5.74) is 1.26. The van der Waals surface area contributed by atoms with Crippen molar-refractivity contribution in [2.75, 3.05) is 6.61 Å². The number of carboxylic acid groups (broad SMARTS) is 1. The van der Waals surface area contributed by atoms with Crippen LogP contribution in [0.25, 0.3) is 5.57 Å². The molecule has 0 amide bonds. The van der Waals surface area contributed by atoms with Gasteiger partial charge in [0, 0.05) is 17.2 Å². The van der Waals surface area contributed by atoms with E-state index in [9.17, 15) is 13.6 Å². The lowest BCUT2D eigenvalue weighted by molar-refractivity contribution is 0.0697. The predicted octanol–water partition coefficient (Wildman–Crippen LogP) is 3.49. The Labute approximate surface area is 119 Å². The highest BCUT2D eigenvalue weighted by molar-refractivity contribution is 5.92. The molecule has 2 aromatic rings. The van der Waals surface area contributed by atoms with E-state index >= 15 is 0 Å². The molecule has 0 aromatic heterocycles. The van der Waals surface area contributed by atoms with Gasteiger partial charge in [0.2, 0.25) is 0 Å². The highest BCUT2D eigenvalue weighted by Gasteiger charge is 2.20. The van der Waals surface area contributed by atoms with Crippen LogP contribution in [0.5, 0.6) is 5.75 Å². The molecular formula is C16H10F2O3. The number of hydrogen-bond donors (Lipinski definition) is 1. The number of aromatic carboxylic acids is 1. The van der Waals surface area contributed by atoms with Crippen LogP contribution in [0.3, 0.4) is 0 Å². The average molecular weight is 288 g/mol. The molecule has 1 heterocycles. The molecule has 0 saturated carbocycles.